The summed E-state index contributed by atoms with van der Waals surface area (Å²) in [6.07, 6.45) is 25.0. The Kier molecular flexibility index (Phi) is 16.0. The molecule has 6 heterocycles. The molecule has 0 atom stereocenters. The van der Waals surface area contributed by atoms with Crippen LogP contribution in [0, 0.1) is 0 Å². The third-order valence-corrected chi connectivity index (χ3v) is 15.7. The highest BCUT2D eigenvalue weighted by molar-refractivity contribution is 5.87. The van der Waals surface area contributed by atoms with Gasteiger partial charge in [0.1, 0.15) is 0 Å². The standard InChI is InChI=1S/C71H68N6/c1-3-5-7-9-11-17-39-71(40-18-12-10-8-6-4-2)61-45-55(51-27-31-53(32-28-51)57-47-67(63-23-13-19-41-72-63)76-68(48-57)64-24-14-20-42-73-64)35-37-59(61)60-38-36-56(46-62(60)71)52-29-33-54(34-30-52)58-49-69(65-25-15-21-43-74-65)77-70(50-58)66-26-16-22-44-75-66/h13-16,19-38,41-50H,3-12,17-18,39-40H2,1-2H3. The first-order valence-electron chi connectivity index (χ1n) is 28.3. The molecule has 77 heavy (non-hydrogen) atoms. The molecule has 6 nitrogen and oxygen atoms in total. The van der Waals surface area contributed by atoms with E-state index in [0.29, 0.717) is 0 Å². The SMILES string of the molecule is CCCCCCCCC1(CCCCCCCC)c2cc(-c3ccc(-c4cc(-c5ccccn5)nc(-c5ccccn5)c4)cc3)ccc2-c2ccc(-c3ccc(-c4cc(-c5ccccn5)nc(-c5ccccn5)c4)cc3)cc21. The monoisotopic (exact) mass is 1000 g/mol. The van der Waals surface area contributed by atoms with Crippen LogP contribution in [0.4, 0.5) is 0 Å². The molecule has 0 aliphatic heterocycles. The highest BCUT2D eigenvalue weighted by Gasteiger charge is 2.42. The van der Waals surface area contributed by atoms with Crippen molar-refractivity contribution in [3.05, 3.63) is 218 Å². The summed E-state index contributed by atoms with van der Waals surface area (Å²) in [5.41, 5.74) is 21.8. The molecule has 0 saturated carbocycles. The van der Waals surface area contributed by atoms with Crippen LogP contribution in [0.1, 0.15) is 115 Å². The fourth-order valence-electron chi connectivity index (χ4n) is 11.6. The Labute approximate surface area is 455 Å². The van der Waals surface area contributed by atoms with Crippen LogP contribution in [0.5, 0.6) is 0 Å². The van der Waals surface area contributed by atoms with Gasteiger partial charge >= 0.3 is 0 Å². The summed E-state index contributed by atoms with van der Waals surface area (Å²) in [6, 6.07) is 65.5. The molecule has 1 aliphatic carbocycles. The maximum Gasteiger partial charge on any atom is 0.0900 e. The maximum atomic E-state index is 5.04. The molecular formula is C71H68N6. The van der Waals surface area contributed by atoms with Crippen LogP contribution < -0.4 is 0 Å². The summed E-state index contributed by atoms with van der Waals surface area (Å²) in [5, 5.41) is 0. The summed E-state index contributed by atoms with van der Waals surface area (Å²) in [5.74, 6) is 0. The van der Waals surface area contributed by atoms with E-state index in [1.54, 1.807) is 0 Å². The fraction of sp³-hybridized carbons (Fsp3) is 0.239. The molecule has 6 aromatic heterocycles. The van der Waals surface area contributed by atoms with Gasteiger partial charge in [-0.3, -0.25) is 19.9 Å². The molecule has 0 N–H and O–H groups in total. The van der Waals surface area contributed by atoms with Crippen molar-refractivity contribution in [1.29, 1.82) is 0 Å². The molecular weight excluding hydrogens is 937 g/mol. The van der Waals surface area contributed by atoms with Crippen molar-refractivity contribution in [1.82, 2.24) is 29.9 Å². The average Bonchev–Trinajstić information content (AvgIpc) is 3.95. The number of hydrogen-bond donors (Lipinski definition) is 0. The van der Waals surface area contributed by atoms with Crippen molar-refractivity contribution in [3.8, 4) is 101 Å². The second-order valence-corrected chi connectivity index (χ2v) is 20.9. The molecule has 0 unspecified atom stereocenters. The van der Waals surface area contributed by atoms with Crippen molar-refractivity contribution in [2.75, 3.05) is 0 Å². The van der Waals surface area contributed by atoms with Gasteiger partial charge < -0.3 is 0 Å². The normalized spacial score (nSPS) is 12.3. The van der Waals surface area contributed by atoms with Crippen LogP contribution in [0.25, 0.3) is 101 Å². The molecule has 0 saturated heterocycles. The Bertz CT molecular complexity index is 3170. The van der Waals surface area contributed by atoms with Crippen LogP contribution in [0.3, 0.4) is 0 Å². The van der Waals surface area contributed by atoms with Gasteiger partial charge in [0.2, 0.25) is 0 Å². The predicted molar refractivity (Wildman–Crippen MR) is 319 cm³/mol. The minimum atomic E-state index is -0.0896. The van der Waals surface area contributed by atoms with E-state index >= 15 is 0 Å². The first-order valence-corrected chi connectivity index (χ1v) is 28.3. The van der Waals surface area contributed by atoms with Crippen LogP contribution in [-0.2, 0) is 5.41 Å². The van der Waals surface area contributed by atoms with E-state index in [1.807, 2.05) is 97.6 Å². The highest BCUT2D eigenvalue weighted by Crippen LogP contribution is 2.56. The molecule has 0 fully saturated rings. The van der Waals surface area contributed by atoms with E-state index in [0.717, 1.165) is 80.6 Å². The molecule has 6 heteroatoms. The Balaban J connectivity index is 0.950. The molecule has 1 aliphatic rings. The zero-order valence-electron chi connectivity index (χ0n) is 44.7. The van der Waals surface area contributed by atoms with Gasteiger partial charge in [0, 0.05) is 30.2 Å². The van der Waals surface area contributed by atoms with E-state index < -0.39 is 0 Å². The smallest absolute Gasteiger partial charge is 0.0900 e. The molecule has 4 aromatic carbocycles. The zero-order valence-corrected chi connectivity index (χ0v) is 44.7. The van der Waals surface area contributed by atoms with Crippen molar-refractivity contribution < 1.29 is 0 Å². The van der Waals surface area contributed by atoms with Gasteiger partial charge in [-0.1, -0.05) is 188 Å². The summed E-state index contributed by atoms with van der Waals surface area (Å²) in [6.45, 7) is 4.63. The first kappa shape index (κ1) is 50.9. The lowest BCUT2D eigenvalue weighted by molar-refractivity contribution is 0.398. The van der Waals surface area contributed by atoms with Gasteiger partial charge in [-0.15, -0.1) is 0 Å². The van der Waals surface area contributed by atoms with Gasteiger partial charge in [-0.05, 0) is 165 Å². The zero-order chi connectivity index (χ0) is 52.2. The molecule has 0 amide bonds. The fourth-order valence-corrected chi connectivity index (χ4v) is 11.6. The Morgan fingerprint density at radius 2 is 0.571 bits per heavy atom. The molecule has 0 radical (unpaired) electrons. The lowest BCUT2D eigenvalue weighted by Gasteiger charge is -2.33. The summed E-state index contributed by atoms with van der Waals surface area (Å²) >= 11 is 0. The van der Waals surface area contributed by atoms with Crippen molar-refractivity contribution in [2.24, 2.45) is 0 Å². The number of pyridine rings is 6. The lowest BCUT2D eigenvalue weighted by atomic mass is 9.70. The van der Waals surface area contributed by atoms with E-state index in [-0.39, 0.29) is 5.41 Å². The highest BCUT2D eigenvalue weighted by atomic mass is 14.8. The van der Waals surface area contributed by atoms with Gasteiger partial charge in [0.05, 0.1) is 45.6 Å². The molecule has 382 valence electrons. The van der Waals surface area contributed by atoms with Crippen molar-refractivity contribution >= 4 is 0 Å². The number of rotatable bonds is 22. The Morgan fingerprint density at radius 1 is 0.273 bits per heavy atom. The number of fused-ring (bicyclic) bond motifs is 3. The summed E-state index contributed by atoms with van der Waals surface area (Å²) < 4.78 is 0. The third-order valence-electron chi connectivity index (χ3n) is 15.7. The minimum absolute atomic E-state index is 0.0896. The average molecular weight is 1010 g/mol. The van der Waals surface area contributed by atoms with Gasteiger partial charge in [0.15, 0.2) is 0 Å². The lowest BCUT2D eigenvalue weighted by Crippen LogP contribution is -2.25. The third kappa shape index (κ3) is 11.5. The molecule has 10 aromatic rings. The number of nitrogens with zero attached hydrogens (tertiary/aromatic N) is 6. The number of benzene rings is 4. The Morgan fingerprint density at radius 3 is 0.883 bits per heavy atom. The van der Waals surface area contributed by atoms with Crippen LogP contribution in [0.15, 0.2) is 207 Å². The van der Waals surface area contributed by atoms with Crippen LogP contribution in [-0.4, -0.2) is 29.9 Å². The quantitative estimate of drug-likeness (QED) is 0.0630. The van der Waals surface area contributed by atoms with E-state index in [2.05, 4.69) is 143 Å². The van der Waals surface area contributed by atoms with Crippen LogP contribution in [0.2, 0.25) is 0 Å². The summed E-state index contributed by atoms with van der Waals surface area (Å²) in [4.78, 5) is 28.7. The first-order chi connectivity index (χ1) is 38.1. The van der Waals surface area contributed by atoms with Crippen molar-refractivity contribution in [2.45, 2.75) is 109 Å². The van der Waals surface area contributed by atoms with Crippen molar-refractivity contribution in [3.63, 3.8) is 0 Å². The largest absolute Gasteiger partial charge is 0.255 e. The van der Waals surface area contributed by atoms with E-state index in [4.69, 9.17) is 9.97 Å². The Hall–Kier alpha value is -8.22. The second kappa shape index (κ2) is 24.2. The summed E-state index contributed by atoms with van der Waals surface area (Å²) in [7, 11) is 0. The second-order valence-electron chi connectivity index (χ2n) is 20.9. The van der Waals surface area contributed by atoms with E-state index in [1.165, 1.54) is 122 Å². The number of aromatic nitrogens is 6. The predicted octanol–water partition coefficient (Wildman–Crippen LogP) is 19.2. The minimum Gasteiger partial charge on any atom is -0.255 e. The topological polar surface area (TPSA) is 77.3 Å². The molecule has 11 rings (SSSR count). The van der Waals surface area contributed by atoms with Crippen LogP contribution >= 0.6 is 0 Å². The molecule has 0 bridgehead atoms. The van der Waals surface area contributed by atoms with Gasteiger partial charge in [-0.2, -0.15) is 0 Å². The number of hydrogen-bond acceptors (Lipinski definition) is 6. The van der Waals surface area contributed by atoms with Gasteiger partial charge in [0.25, 0.3) is 0 Å². The molecule has 0 spiro atoms. The maximum absolute atomic E-state index is 5.04. The number of unbranched alkanes of at least 4 members (excludes halogenated alkanes) is 10. The van der Waals surface area contributed by atoms with E-state index in [9.17, 15) is 0 Å². The van der Waals surface area contributed by atoms with Gasteiger partial charge in [-0.25, -0.2) is 9.97 Å².